The molecule has 0 aliphatic carbocycles. The van der Waals surface area contributed by atoms with E-state index in [1.165, 1.54) is 7.11 Å². The SMILES string of the molecule is CCNC(=NCc1cccc(COCC(F)(F)F)c1)NC1CCN(C(=O)OC)CC1. The molecule has 2 rings (SSSR count). The summed E-state index contributed by atoms with van der Waals surface area (Å²) >= 11 is 0. The summed E-state index contributed by atoms with van der Waals surface area (Å²) in [6.07, 6.45) is -3.08. The monoisotopic (exact) mass is 430 g/mol. The highest BCUT2D eigenvalue weighted by atomic mass is 19.4. The van der Waals surface area contributed by atoms with Crippen LogP contribution >= 0.6 is 0 Å². The summed E-state index contributed by atoms with van der Waals surface area (Å²) in [5.41, 5.74) is 1.54. The van der Waals surface area contributed by atoms with E-state index in [9.17, 15) is 18.0 Å². The third-order valence-corrected chi connectivity index (χ3v) is 4.56. The number of rotatable bonds is 7. The maximum absolute atomic E-state index is 12.2. The number of amides is 1. The molecule has 0 saturated carbocycles. The number of nitrogens with one attached hydrogen (secondary N) is 2. The highest BCUT2D eigenvalue weighted by molar-refractivity contribution is 5.80. The molecule has 0 bridgehead atoms. The Kier molecular flexibility index (Phi) is 9.22. The first-order chi connectivity index (χ1) is 14.3. The molecule has 1 aliphatic heterocycles. The minimum absolute atomic E-state index is 0.103. The second-order valence-corrected chi connectivity index (χ2v) is 7.00. The van der Waals surface area contributed by atoms with Crippen molar-refractivity contribution in [3.05, 3.63) is 35.4 Å². The molecule has 0 spiro atoms. The van der Waals surface area contributed by atoms with Crippen LogP contribution in [0.4, 0.5) is 18.0 Å². The lowest BCUT2D eigenvalue weighted by Gasteiger charge is -2.32. The van der Waals surface area contributed by atoms with Crippen LogP contribution in [-0.2, 0) is 22.6 Å². The van der Waals surface area contributed by atoms with E-state index in [0.29, 0.717) is 37.7 Å². The molecule has 1 fully saturated rings. The molecule has 1 saturated heterocycles. The number of guanidine groups is 1. The van der Waals surface area contributed by atoms with Gasteiger partial charge in [-0.2, -0.15) is 13.2 Å². The Morgan fingerprint density at radius 1 is 1.27 bits per heavy atom. The van der Waals surface area contributed by atoms with Crippen molar-refractivity contribution in [1.82, 2.24) is 15.5 Å². The molecule has 1 aliphatic rings. The molecule has 0 atom stereocenters. The minimum Gasteiger partial charge on any atom is -0.453 e. The highest BCUT2D eigenvalue weighted by Gasteiger charge is 2.27. The van der Waals surface area contributed by atoms with Crippen LogP contribution in [0.1, 0.15) is 30.9 Å². The largest absolute Gasteiger partial charge is 0.453 e. The van der Waals surface area contributed by atoms with Crippen molar-refractivity contribution in [3.63, 3.8) is 0 Å². The van der Waals surface area contributed by atoms with Crippen molar-refractivity contribution < 1.29 is 27.4 Å². The summed E-state index contributed by atoms with van der Waals surface area (Å²) < 4.78 is 46.1. The van der Waals surface area contributed by atoms with Gasteiger partial charge in [0.25, 0.3) is 0 Å². The molecule has 0 aromatic heterocycles. The second-order valence-electron chi connectivity index (χ2n) is 7.00. The van der Waals surface area contributed by atoms with E-state index < -0.39 is 12.8 Å². The first kappa shape index (κ1) is 23.8. The number of nitrogens with zero attached hydrogens (tertiary/aromatic N) is 2. The number of benzene rings is 1. The van der Waals surface area contributed by atoms with E-state index in [1.54, 1.807) is 23.1 Å². The van der Waals surface area contributed by atoms with Crippen LogP contribution in [0.5, 0.6) is 0 Å². The van der Waals surface area contributed by atoms with Gasteiger partial charge in [0.05, 0.1) is 20.3 Å². The van der Waals surface area contributed by atoms with E-state index in [4.69, 9.17) is 9.47 Å². The van der Waals surface area contributed by atoms with Crippen LogP contribution in [0.3, 0.4) is 0 Å². The molecule has 1 amide bonds. The predicted molar refractivity (Wildman–Crippen MR) is 107 cm³/mol. The molecule has 1 heterocycles. The number of hydrogen-bond acceptors (Lipinski definition) is 4. The molecular weight excluding hydrogens is 401 g/mol. The number of ether oxygens (including phenoxy) is 2. The Labute approximate surface area is 174 Å². The number of carbonyl (C=O) groups excluding carboxylic acids is 1. The molecule has 1 aromatic rings. The van der Waals surface area contributed by atoms with Gasteiger partial charge < -0.3 is 25.0 Å². The van der Waals surface area contributed by atoms with Crippen molar-refractivity contribution in [2.45, 2.75) is 45.1 Å². The molecule has 0 unspecified atom stereocenters. The maximum Gasteiger partial charge on any atom is 0.411 e. The molecule has 10 heteroatoms. The number of aliphatic imine (C=N–C) groups is 1. The number of halogens is 3. The zero-order chi connectivity index (χ0) is 22.0. The lowest BCUT2D eigenvalue weighted by Crippen LogP contribution is -2.49. The number of carbonyl (C=O) groups is 1. The average Bonchev–Trinajstić information content (AvgIpc) is 2.71. The van der Waals surface area contributed by atoms with Gasteiger partial charge in [0.15, 0.2) is 5.96 Å². The second kappa shape index (κ2) is 11.6. The van der Waals surface area contributed by atoms with Crippen LogP contribution in [0.15, 0.2) is 29.3 Å². The van der Waals surface area contributed by atoms with Gasteiger partial charge in [0, 0.05) is 25.7 Å². The highest BCUT2D eigenvalue weighted by Crippen LogP contribution is 2.16. The Morgan fingerprint density at radius 2 is 1.97 bits per heavy atom. The summed E-state index contributed by atoms with van der Waals surface area (Å²) in [6, 6.07) is 7.35. The van der Waals surface area contributed by atoms with Crippen molar-refractivity contribution in [2.75, 3.05) is 33.4 Å². The molecule has 7 nitrogen and oxygen atoms in total. The fourth-order valence-corrected chi connectivity index (χ4v) is 3.12. The topological polar surface area (TPSA) is 75.2 Å². The zero-order valence-corrected chi connectivity index (χ0v) is 17.3. The molecule has 30 heavy (non-hydrogen) atoms. The molecule has 168 valence electrons. The molecule has 0 radical (unpaired) electrons. The Bertz CT molecular complexity index is 705. The number of methoxy groups -OCH3 is 1. The van der Waals surface area contributed by atoms with Gasteiger partial charge in [0.2, 0.25) is 0 Å². The van der Waals surface area contributed by atoms with Crippen molar-refractivity contribution >= 4 is 12.1 Å². The molecule has 2 N–H and O–H groups in total. The fourth-order valence-electron chi connectivity index (χ4n) is 3.12. The fraction of sp³-hybridized carbons (Fsp3) is 0.600. The van der Waals surface area contributed by atoms with Gasteiger partial charge in [-0.1, -0.05) is 24.3 Å². The quantitative estimate of drug-likeness (QED) is 0.514. The van der Waals surface area contributed by atoms with Gasteiger partial charge in [0.1, 0.15) is 6.61 Å². The van der Waals surface area contributed by atoms with E-state index in [2.05, 4.69) is 15.6 Å². The van der Waals surface area contributed by atoms with Gasteiger partial charge in [-0.05, 0) is 30.9 Å². The van der Waals surface area contributed by atoms with Crippen molar-refractivity contribution in [3.8, 4) is 0 Å². The first-order valence-electron chi connectivity index (χ1n) is 9.90. The van der Waals surface area contributed by atoms with Crippen LogP contribution < -0.4 is 10.6 Å². The predicted octanol–water partition coefficient (Wildman–Crippen LogP) is 3.05. The lowest BCUT2D eigenvalue weighted by molar-refractivity contribution is -0.176. The van der Waals surface area contributed by atoms with Crippen LogP contribution in [0.25, 0.3) is 0 Å². The number of likely N-dealkylation sites (tertiary alicyclic amines) is 1. The Morgan fingerprint density at radius 3 is 2.60 bits per heavy atom. The summed E-state index contributed by atoms with van der Waals surface area (Å²) in [7, 11) is 1.38. The van der Waals surface area contributed by atoms with Gasteiger partial charge in [-0.25, -0.2) is 9.79 Å². The smallest absolute Gasteiger partial charge is 0.411 e. The van der Waals surface area contributed by atoms with E-state index in [1.807, 2.05) is 13.0 Å². The normalized spacial score (nSPS) is 15.8. The average molecular weight is 430 g/mol. The number of hydrogen-bond donors (Lipinski definition) is 2. The number of alkyl halides is 3. The minimum atomic E-state index is -4.33. The summed E-state index contributed by atoms with van der Waals surface area (Å²) in [5, 5.41) is 6.58. The summed E-state index contributed by atoms with van der Waals surface area (Å²) in [5.74, 6) is 0.660. The molecular formula is C20H29F3N4O3. The van der Waals surface area contributed by atoms with E-state index in [-0.39, 0.29) is 18.7 Å². The van der Waals surface area contributed by atoms with Crippen LogP contribution in [0, 0.1) is 0 Å². The van der Waals surface area contributed by atoms with E-state index >= 15 is 0 Å². The summed E-state index contributed by atoms with van der Waals surface area (Å²) in [4.78, 5) is 17.8. The van der Waals surface area contributed by atoms with Gasteiger partial charge >= 0.3 is 12.3 Å². The van der Waals surface area contributed by atoms with Crippen LogP contribution in [0.2, 0.25) is 0 Å². The third-order valence-electron chi connectivity index (χ3n) is 4.56. The molecule has 1 aromatic carbocycles. The van der Waals surface area contributed by atoms with Gasteiger partial charge in [-0.3, -0.25) is 0 Å². The van der Waals surface area contributed by atoms with Crippen molar-refractivity contribution in [2.24, 2.45) is 4.99 Å². The standard InChI is InChI=1S/C20H29F3N4O3/c1-3-24-18(26-17-7-9-27(10-8-17)19(28)29-2)25-12-15-5-4-6-16(11-15)13-30-14-20(21,22)23/h4-6,11,17H,3,7-10,12-14H2,1-2H3,(H2,24,25,26). The first-order valence-corrected chi connectivity index (χ1v) is 9.90. The van der Waals surface area contributed by atoms with E-state index in [0.717, 1.165) is 18.4 Å². The van der Waals surface area contributed by atoms with Crippen molar-refractivity contribution in [1.29, 1.82) is 0 Å². The third kappa shape index (κ3) is 8.48. The summed E-state index contributed by atoms with van der Waals surface area (Å²) in [6.45, 7) is 2.90. The van der Waals surface area contributed by atoms with Crippen LogP contribution in [-0.4, -0.2) is 62.5 Å². The maximum atomic E-state index is 12.2. The number of piperidine rings is 1. The zero-order valence-electron chi connectivity index (χ0n) is 17.3. The Balaban J connectivity index is 1.88. The Hall–Kier alpha value is -2.49. The lowest BCUT2D eigenvalue weighted by atomic mass is 10.1. The van der Waals surface area contributed by atoms with Gasteiger partial charge in [-0.15, -0.1) is 0 Å².